The summed E-state index contributed by atoms with van der Waals surface area (Å²) >= 11 is 5.77. The Morgan fingerprint density at radius 3 is 2.18 bits per heavy atom. The van der Waals surface area contributed by atoms with E-state index in [1.165, 1.54) is 18.2 Å². The molecule has 0 fully saturated rings. The van der Waals surface area contributed by atoms with Crippen molar-refractivity contribution < 1.29 is 13.2 Å². The molecular formula is C12H7ClF3N. The molecule has 0 aliphatic heterocycles. The maximum atomic E-state index is 13.5. The molecule has 0 aromatic heterocycles. The van der Waals surface area contributed by atoms with Crippen molar-refractivity contribution in [3.05, 3.63) is 52.8 Å². The Labute approximate surface area is 101 Å². The van der Waals surface area contributed by atoms with Crippen molar-refractivity contribution in [2.24, 2.45) is 0 Å². The normalized spacial score (nSPS) is 10.6. The maximum absolute atomic E-state index is 13.5. The maximum Gasteiger partial charge on any atom is 0.161 e. The van der Waals surface area contributed by atoms with Crippen LogP contribution in [0.2, 0.25) is 5.02 Å². The van der Waals surface area contributed by atoms with Crippen LogP contribution < -0.4 is 5.73 Å². The van der Waals surface area contributed by atoms with Crippen LogP contribution in [0, 0.1) is 17.5 Å². The predicted molar refractivity (Wildman–Crippen MR) is 61.2 cm³/mol. The van der Waals surface area contributed by atoms with E-state index < -0.39 is 17.5 Å². The molecule has 0 radical (unpaired) electrons. The number of hydrogen-bond acceptors (Lipinski definition) is 1. The highest BCUT2D eigenvalue weighted by Gasteiger charge is 2.12. The van der Waals surface area contributed by atoms with Gasteiger partial charge in [-0.05, 0) is 23.8 Å². The second-order valence-electron chi connectivity index (χ2n) is 3.48. The Bertz CT molecular complexity index is 584. The molecule has 2 aromatic carbocycles. The van der Waals surface area contributed by atoms with Crippen molar-refractivity contribution in [2.45, 2.75) is 0 Å². The van der Waals surface area contributed by atoms with E-state index in [0.29, 0.717) is 17.3 Å². The van der Waals surface area contributed by atoms with Gasteiger partial charge >= 0.3 is 0 Å². The van der Waals surface area contributed by atoms with Crippen LogP contribution in [0.15, 0.2) is 30.3 Å². The van der Waals surface area contributed by atoms with Crippen LogP contribution in [0.25, 0.3) is 11.1 Å². The molecule has 0 saturated heterocycles. The third kappa shape index (κ3) is 2.22. The van der Waals surface area contributed by atoms with Crippen molar-refractivity contribution in [1.29, 1.82) is 0 Å². The van der Waals surface area contributed by atoms with Gasteiger partial charge in [0.15, 0.2) is 11.6 Å². The molecule has 0 amide bonds. The number of nitrogens with two attached hydrogens (primary N) is 1. The van der Waals surface area contributed by atoms with Crippen LogP contribution in [-0.2, 0) is 0 Å². The summed E-state index contributed by atoms with van der Waals surface area (Å²) in [5, 5.41) is 0.228. The molecule has 0 aliphatic rings. The SMILES string of the molecule is Nc1ccc(-c2cc(F)c(F)cc2F)cc1Cl. The first-order chi connectivity index (χ1) is 7.99. The first kappa shape index (κ1) is 11.8. The lowest BCUT2D eigenvalue weighted by atomic mass is 10.0. The van der Waals surface area contributed by atoms with Crippen LogP contribution in [-0.4, -0.2) is 0 Å². The molecule has 0 unspecified atom stereocenters. The lowest BCUT2D eigenvalue weighted by Crippen LogP contribution is -1.92. The van der Waals surface area contributed by atoms with Gasteiger partial charge in [-0.1, -0.05) is 17.7 Å². The van der Waals surface area contributed by atoms with E-state index in [4.69, 9.17) is 17.3 Å². The average Bonchev–Trinajstić information content (AvgIpc) is 2.27. The standard InChI is InChI=1S/C12H7ClF3N/c13-8-3-6(1-2-12(8)17)7-4-10(15)11(16)5-9(7)14/h1-5H,17H2. The van der Waals surface area contributed by atoms with E-state index in [1.807, 2.05) is 0 Å². The van der Waals surface area contributed by atoms with Crippen molar-refractivity contribution in [3.8, 4) is 11.1 Å². The molecule has 0 aliphatic carbocycles. The van der Waals surface area contributed by atoms with Gasteiger partial charge in [-0.3, -0.25) is 0 Å². The molecule has 5 heteroatoms. The molecule has 2 N–H and O–H groups in total. The highest BCUT2D eigenvalue weighted by atomic mass is 35.5. The van der Waals surface area contributed by atoms with E-state index in [1.54, 1.807) is 0 Å². The summed E-state index contributed by atoms with van der Waals surface area (Å²) in [4.78, 5) is 0. The Morgan fingerprint density at radius 2 is 1.53 bits per heavy atom. The third-order valence-corrected chi connectivity index (χ3v) is 2.65. The van der Waals surface area contributed by atoms with Gasteiger partial charge in [-0.15, -0.1) is 0 Å². The molecule has 88 valence electrons. The molecule has 2 rings (SSSR count). The van der Waals surface area contributed by atoms with Crippen LogP contribution >= 0.6 is 11.6 Å². The first-order valence-corrected chi connectivity index (χ1v) is 5.07. The summed E-state index contributed by atoms with van der Waals surface area (Å²) in [7, 11) is 0. The third-order valence-electron chi connectivity index (χ3n) is 2.32. The van der Waals surface area contributed by atoms with Crippen molar-refractivity contribution in [2.75, 3.05) is 5.73 Å². The van der Waals surface area contributed by atoms with Gasteiger partial charge in [0.05, 0.1) is 10.7 Å². The number of hydrogen-bond donors (Lipinski definition) is 1. The summed E-state index contributed by atoms with van der Waals surface area (Å²) in [5.74, 6) is -3.20. The summed E-state index contributed by atoms with van der Waals surface area (Å²) in [6.45, 7) is 0. The number of halogens is 4. The summed E-state index contributed by atoms with van der Waals surface area (Å²) in [6.07, 6.45) is 0. The van der Waals surface area contributed by atoms with Gasteiger partial charge in [-0.25, -0.2) is 13.2 Å². The number of nitrogen functional groups attached to an aromatic ring is 1. The molecule has 17 heavy (non-hydrogen) atoms. The highest BCUT2D eigenvalue weighted by Crippen LogP contribution is 2.29. The van der Waals surface area contributed by atoms with Crippen LogP contribution in [0.3, 0.4) is 0 Å². The van der Waals surface area contributed by atoms with Gasteiger partial charge in [-0.2, -0.15) is 0 Å². The molecular weight excluding hydrogens is 251 g/mol. The molecule has 0 heterocycles. The fraction of sp³-hybridized carbons (Fsp3) is 0. The minimum absolute atomic E-state index is 0.0641. The van der Waals surface area contributed by atoms with Crippen LogP contribution in [0.4, 0.5) is 18.9 Å². The zero-order valence-corrected chi connectivity index (χ0v) is 9.23. The van der Waals surface area contributed by atoms with Gasteiger partial charge in [0.2, 0.25) is 0 Å². The Morgan fingerprint density at radius 1 is 0.882 bits per heavy atom. The summed E-state index contributed by atoms with van der Waals surface area (Å²) in [6, 6.07) is 5.63. The molecule has 0 atom stereocenters. The van der Waals surface area contributed by atoms with Gasteiger partial charge < -0.3 is 5.73 Å². The fourth-order valence-corrected chi connectivity index (χ4v) is 1.62. The van der Waals surface area contributed by atoms with E-state index in [-0.39, 0.29) is 10.6 Å². The first-order valence-electron chi connectivity index (χ1n) is 4.69. The summed E-state index contributed by atoms with van der Waals surface area (Å²) < 4.78 is 39.3. The number of benzene rings is 2. The zero-order chi connectivity index (χ0) is 12.6. The minimum Gasteiger partial charge on any atom is -0.398 e. The number of rotatable bonds is 1. The lowest BCUT2D eigenvalue weighted by Gasteiger charge is -2.06. The largest absolute Gasteiger partial charge is 0.398 e. The molecule has 1 nitrogen and oxygen atoms in total. The van der Waals surface area contributed by atoms with Crippen molar-refractivity contribution in [1.82, 2.24) is 0 Å². The Balaban J connectivity index is 2.60. The van der Waals surface area contributed by atoms with E-state index in [0.717, 1.165) is 6.07 Å². The van der Waals surface area contributed by atoms with Gasteiger partial charge in [0.25, 0.3) is 0 Å². The Kier molecular flexibility index (Phi) is 2.98. The minimum atomic E-state index is -1.23. The second kappa shape index (κ2) is 4.30. The highest BCUT2D eigenvalue weighted by molar-refractivity contribution is 6.33. The van der Waals surface area contributed by atoms with Gasteiger partial charge in [0, 0.05) is 11.6 Å². The molecule has 0 saturated carbocycles. The fourth-order valence-electron chi connectivity index (χ4n) is 1.44. The summed E-state index contributed by atoms with van der Waals surface area (Å²) in [5.41, 5.74) is 6.10. The molecule has 0 spiro atoms. The molecule has 2 aromatic rings. The zero-order valence-electron chi connectivity index (χ0n) is 8.48. The predicted octanol–water partition coefficient (Wildman–Crippen LogP) is 4.01. The van der Waals surface area contributed by atoms with Crippen molar-refractivity contribution in [3.63, 3.8) is 0 Å². The van der Waals surface area contributed by atoms with Crippen LogP contribution in [0.1, 0.15) is 0 Å². The Hall–Kier alpha value is -1.68. The van der Waals surface area contributed by atoms with Gasteiger partial charge in [0.1, 0.15) is 5.82 Å². The molecule has 0 bridgehead atoms. The quantitative estimate of drug-likeness (QED) is 0.606. The smallest absolute Gasteiger partial charge is 0.161 e. The van der Waals surface area contributed by atoms with Crippen LogP contribution in [0.5, 0.6) is 0 Å². The van der Waals surface area contributed by atoms with Crippen molar-refractivity contribution >= 4 is 17.3 Å². The van der Waals surface area contributed by atoms with E-state index in [9.17, 15) is 13.2 Å². The topological polar surface area (TPSA) is 26.0 Å². The van der Waals surface area contributed by atoms with E-state index in [2.05, 4.69) is 0 Å². The monoisotopic (exact) mass is 257 g/mol. The second-order valence-corrected chi connectivity index (χ2v) is 3.89. The number of anilines is 1. The van der Waals surface area contributed by atoms with E-state index >= 15 is 0 Å². The lowest BCUT2D eigenvalue weighted by molar-refractivity contribution is 0.496. The average molecular weight is 258 g/mol.